The van der Waals surface area contributed by atoms with E-state index in [9.17, 15) is 4.79 Å². The molecule has 1 rings (SSSR count). The topological polar surface area (TPSA) is 99.0 Å². The number of nitrogens with one attached hydrogen (secondary N) is 1. The second-order valence-corrected chi connectivity index (χ2v) is 10.2. The first-order valence-corrected chi connectivity index (χ1v) is 14.5. The Labute approximate surface area is 201 Å². The Morgan fingerprint density at radius 2 is 1.42 bits per heavy atom. The predicted octanol–water partition coefficient (Wildman–Crippen LogP) is 6.28. The summed E-state index contributed by atoms with van der Waals surface area (Å²) < 4.78 is 4.76. The van der Waals surface area contributed by atoms with Crippen molar-refractivity contribution in [3.8, 4) is 0 Å². The summed E-state index contributed by atoms with van der Waals surface area (Å²) in [4.78, 5) is 39.7. The van der Waals surface area contributed by atoms with Crippen LogP contribution in [0.1, 0.15) is 108 Å². The molecule has 0 bridgehead atoms. The van der Waals surface area contributed by atoms with Gasteiger partial charge in [0.2, 0.25) is 0 Å². The SMILES string of the molecule is CCCCCCCC/C=C\CCCCCCCC(=O)N[C@@H](CO[PH](O)(O)O)c1ccccc1. The van der Waals surface area contributed by atoms with Gasteiger partial charge in [0, 0.05) is 0 Å². The molecule has 33 heavy (non-hydrogen) atoms. The summed E-state index contributed by atoms with van der Waals surface area (Å²) in [7, 11) is -4.62. The maximum atomic E-state index is 12.3. The molecule has 0 aromatic heterocycles. The quantitative estimate of drug-likeness (QED) is 0.0993. The van der Waals surface area contributed by atoms with Gasteiger partial charge in [0.1, 0.15) is 0 Å². The Balaban J connectivity index is 2.10. The van der Waals surface area contributed by atoms with Crippen molar-refractivity contribution in [2.75, 3.05) is 6.61 Å². The zero-order valence-electron chi connectivity index (χ0n) is 20.4. The summed E-state index contributed by atoms with van der Waals surface area (Å²) in [6.07, 6.45) is 20.8. The van der Waals surface area contributed by atoms with Gasteiger partial charge in [-0.05, 0) is 12.8 Å². The summed E-state index contributed by atoms with van der Waals surface area (Å²) in [6, 6.07) is 8.63. The summed E-state index contributed by atoms with van der Waals surface area (Å²) in [5.41, 5.74) is 0.786. The molecule has 6 nitrogen and oxygen atoms in total. The minimum absolute atomic E-state index is 0.105. The van der Waals surface area contributed by atoms with Gasteiger partial charge in [0.05, 0.1) is 0 Å². The van der Waals surface area contributed by atoms with E-state index in [0.29, 0.717) is 6.42 Å². The summed E-state index contributed by atoms with van der Waals surface area (Å²) in [6.45, 7) is 2.05. The van der Waals surface area contributed by atoms with Crippen LogP contribution in [-0.2, 0) is 9.32 Å². The third kappa shape index (κ3) is 17.8. The van der Waals surface area contributed by atoms with Gasteiger partial charge in [-0.25, -0.2) is 0 Å². The Bertz CT molecular complexity index is 633. The number of amides is 1. The van der Waals surface area contributed by atoms with Crippen LogP contribution in [0.2, 0.25) is 0 Å². The Hall–Kier alpha value is -1.30. The normalized spacial score (nSPS) is 13.3. The number of carbonyl (C=O) groups excluding carboxylic acids is 1. The van der Waals surface area contributed by atoms with Crippen LogP contribution >= 0.6 is 8.17 Å². The molecule has 0 aliphatic heterocycles. The van der Waals surface area contributed by atoms with Gasteiger partial charge < -0.3 is 0 Å². The van der Waals surface area contributed by atoms with E-state index in [-0.39, 0.29) is 12.5 Å². The van der Waals surface area contributed by atoms with Crippen LogP contribution in [0.3, 0.4) is 0 Å². The zero-order valence-corrected chi connectivity index (χ0v) is 21.4. The average Bonchev–Trinajstić information content (AvgIpc) is 2.79. The van der Waals surface area contributed by atoms with E-state index in [0.717, 1.165) is 31.2 Å². The van der Waals surface area contributed by atoms with Gasteiger partial charge in [0.25, 0.3) is 0 Å². The molecular formula is C26H46NO5P. The van der Waals surface area contributed by atoms with Crippen molar-refractivity contribution >= 4 is 14.1 Å². The first-order chi connectivity index (χ1) is 15.9. The van der Waals surface area contributed by atoms with Gasteiger partial charge in [-0.1, -0.05) is 51.2 Å². The van der Waals surface area contributed by atoms with Gasteiger partial charge >= 0.3 is 137 Å². The Morgan fingerprint density at radius 3 is 2.00 bits per heavy atom. The van der Waals surface area contributed by atoms with E-state index >= 15 is 0 Å². The fraction of sp³-hybridized carbons (Fsp3) is 0.654. The molecule has 1 aromatic carbocycles. The van der Waals surface area contributed by atoms with Crippen LogP contribution in [0.4, 0.5) is 0 Å². The molecule has 0 aliphatic carbocycles. The molecule has 0 fully saturated rings. The summed E-state index contributed by atoms with van der Waals surface area (Å²) >= 11 is 0. The minimum atomic E-state index is -4.62. The van der Waals surface area contributed by atoms with Crippen molar-refractivity contribution in [3.63, 3.8) is 0 Å². The third-order valence-electron chi connectivity index (χ3n) is 5.65. The zero-order chi connectivity index (χ0) is 24.2. The number of unbranched alkanes of at least 4 members (excludes halogenated alkanes) is 11. The molecule has 190 valence electrons. The summed E-state index contributed by atoms with van der Waals surface area (Å²) in [5.74, 6) is -0.105. The van der Waals surface area contributed by atoms with Gasteiger partial charge in [0.15, 0.2) is 0 Å². The number of benzene rings is 1. The van der Waals surface area contributed by atoms with E-state index in [4.69, 9.17) is 19.2 Å². The van der Waals surface area contributed by atoms with Crippen LogP contribution in [-0.4, -0.2) is 27.2 Å². The van der Waals surface area contributed by atoms with Crippen molar-refractivity contribution in [1.29, 1.82) is 0 Å². The van der Waals surface area contributed by atoms with Crippen LogP contribution in [0.5, 0.6) is 0 Å². The number of hydrogen-bond acceptors (Lipinski definition) is 5. The molecule has 0 radical (unpaired) electrons. The van der Waals surface area contributed by atoms with E-state index in [2.05, 4.69) is 24.4 Å². The van der Waals surface area contributed by atoms with Crippen LogP contribution in [0.15, 0.2) is 42.5 Å². The first kappa shape index (κ1) is 29.7. The molecule has 0 spiro atoms. The number of rotatable bonds is 20. The molecule has 1 aromatic rings. The van der Waals surface area contributed by atoms with Crippen LogP contribution in [0, 0.1) is 0 Å². The maximum absolute atomic E-state index is 12.3. The van der Waals surface area contributed by atoms with Crippen LogP contribution < -0.4 is 5.32 Å². The Kier molecular flexibility index (Phi) is 17.2. The average molecular weight is 484 g/mol. The van der Waals surface area contributed by atoms with Gasteiger partial charge in [-0.15, -0.1) is 0 Å². The fourth-order valence-corrected chi connectivity index (χ4v) is 4.11. The van der Waals surface area contributed by atoms with Crippen molar-refractivity contribution in [2.45, 2.75) is 103 Å². The van der Waals surface area contributed by atoms with Crippen LogP contribution in [0.25, 0.3) is 0 Å². The molecule has 0 saturated carbocycles. The van der Waals surface area contributed by atoms with Crippen molar-refractivity contribution in [1.82, 2.24) is 5.32 Å². The molecule has 1 amide bonds. The molecule has 0 aliphatic rings. The second-order valence-electron chi connectivity index (χ2n) is 8.75. The molecule has 4 N–H and O–H groups in total. The first-order valence-electron chi connectivity index (χ1n) is 12.7. The number of allylic oxidation sites excluding steroid dienone is 2. The van der Waals surface area contributed by atoms with Crippen molar-refractivity contribution in [2.24, 2.45) is 0 Å². The van der Waals surface area contributed by atoms with E-state index in [1.165, 1.54) is 57.8 Å². The van der Waals surface area contributed by atoms with E-state index in [1.54, 1.807) is 0 Å². The molecule has 7 heteroatoms. The summed E-state index contributed by atoms with van der Waals surface area (Å²) in [5, 5.41) is 2.87. The van der Waals surface area contributed by atoms with Crippen molar-refractivity contribution in [3.05, 3.63) is 48.0 Å². The second kappa shape index (κ2) is 19.1. The monoisotopic (exact) mass is 483 g/mol. The molecule has 0 heterocycles. The third-order valence-corrected chi connectivity index (χ3v) is 6.20. The standard InChI is InChI=1S/C26H46NO5P/c1-2-3-4-5-6-7-8-9-10-11-12-13-14-15-19-22-26(28)27-25(23-32-33(29,30)31)24-20-17-16-18-21-24/h9-10,16-18,20-21,25,29-31,33H,2-8,11-15,19,22-23H2,1H3,(H,27,28)/b10-9-/t25-/m0/s1. The molecule has 1 atom stereocenters. The fourth-order valence-electron chi connectivity index (χ4n) is 3.72. The molecular weight excluding hydrogens is 437 g/mol. The molecule has 0 saturated heterocycles. The predicted molar refractivity (Wildman–Crippen MR) is 138 cm³/mol. The molecule has 0 unspecified atom stereocenters. The van der Waals surface area contributed by atoms with Crippen molar-refractivity contribution < 1.29 is 24.0 Å². The van der Waals surface area contributed by atoms with E-state index in [1.807, 2.05) is 30.3 Å². The number of carbonyl (C=O) groups is 1. The Morgan fingerprint density at radius 1 is 0.879 bits per heavy atom. The van der Waals surface area contributed by atoms with Gasteiger partial charge in [-0.2, -0.15) is 0 Å². The van der Waals surface area contributed by atoms with E-state index < -0.39 is 14.2 Å². The number of hydrogen-bond donors (Lipinski definition) is 4. The van der Waals surface area contributed by atoms with Gasteiger partial charge in [-0.3, -0.25) is 0 Å².